The van der Waals surface area contributed by atoms with Crippen LogP contribution >= 0.6 is 11.6 Å². The molecule has 7 heteroatoms. The fourth-order valence-electron chi connectivity index (χ4n) is 3.21. The molecule has 1 saturated heterocycles. The van der Waals surface area contributed by atoms with Crippen LogP contribution in [0.3, 0.4) is 0 Å². The zero-order valence-electron chi connectivity index (χ0n) is 14.4. The van der Waals surface area contributed by atoms with Gasteiger partial charge in [0, 0.05) is 35.2 Å². The first-order valence-corrected chi connectivity index (χ1v) is 9.12. The van der Waals surface area contributed by atoms with Crippen LogP contribution in [0, 0.1) is 5.82 Å². The summed E-state index contributed by atoms with van der Waals surface area (Å²) in [6, 6.07) is 12.9. The second-order valence-electron chi connectivity index (χ2n) is 6.53. The van der Waals surface area contributed by atoms with Gasteiger partial charge in [-0.05, 0) is 61.4 Å². The van der Waals surface area contributed by atoms with Gasteiger partial charge in [-0.15, -0.1) is 10.2 Å². The molecule has 2 aromatic carbocycles. The molecule has 0 unspecified atom stereocenters. The van der Waals surface area contributed by atoms with Crippen molar-refractivity contribution in [1.82, 2.24) is 15.1 Å². The minimum atomic E-state index is -0.309. The van der Waals surface area contributed by atoms with Gasteiger partial charge in [-0.25, -0.2) is 4.39 Å². The zero-order valence-corrected chi connectivity index (χ0v) is 15.2. The highest BCUT2D eigenvalue weighted by atomic mass is 35.5. The Hall–Kier alpha value is -2.73. The van der Waals surface area contributed by atoms with E-state index in [0.717, 1.165) is 12.8 Å². The molecule has 3 aromatic rings. The van der Waals surface area contributed by atoms with Crippen molar-refractivity contribution >= 4 is 17.5 Å². The van der Waals surface area contributed by atoms with E-state index in [2.05, 4.69) is 10.2 Å². The van der Waals surface area contributed by atoms with Gasteiger partial charge in [-0.2, -0.15) is 0 Å². The summed E-state index contributed by atoms with van der Waals surface area (Å²) in [6.45, 7) is 1.25. The van der Waals surface area contributed by atoms with Gasteiger partial charge in [0.05, 0.1) is 0 Å². The molecule has 0 radical (unpaired) electrons. The van der Waals surface area contributed by atoms with Crippen molar-refractivity contribution in [2.75, 3.05) is 13.1 Å². The van der Waals surface area contributed by atoms with E-state index in [4.69, 9.17) is 16.0 Å². The van der Waals surface area contributed by atoms with Gasteiger partial charge in [-0.1, -0.05) is 11.6 Å². The molecular formula is C20H17ClFN3O2. The molecule has 0 bridgehead atoms. The summed E-state index contributed by atoms with van der Waals surface area (Å²) in [5.41, 5.74) is 1.32. The molecule has 0 spiro atoms. The second-order valence-corrected chi connectivity index (χ2v) is 6.96. The van der Waals surface area contributed by atoms with Crippen molar-refractivity contribution in [2.45, 2.75) is 18.8 Å². The number of piperidine rings is 1. The fraction of sp³-hybridized carbons (Fsp3) is 0.250. The maximum absolute atomic E-state index is 13.0. The molecule has 0 atom stereocenters. The molecule has 1 aromatic heterocycles. The van der Waals surface area contributed by atoms with Gasteiger partial charge >= 0.3 is 0 Å². The Morgan fingerprint density at radius 3 is 2.37 bits per heavy atom. The first-order chi connectivity index (χ1) is 13.1. The minimum Gasteiger partial charge on any atom is -0.420 e. The molecule has 1 fully saturated rings. The zero-order chi connectivity index (χ0) is 18.8. The monoisotopic (exact) mass is 385 g/mol. The Morgan fingerprint density at radius 2 is 1.70 bits per heavy atom. The lowest BCUT2D eigenvalue weighted by Crippen LogP contribution is -2.37. The summed E-state index contributed by atoms with van der Waals surface area (Å²) < 4.78 is 18.8. The van der Waals surface area contributed by atoms with Crippen molar-refractivity contribution in [3.8, 4) is 11.5 Å². The lowest BCUT2D eigenvalue weighted by Gasteiger charge is -2.30. The first kappa shape index (κ1) is 17.7. The van der Waals surface area contributed by atoms with Gasteiger partial charge in [0.25, 0.3) is 5.91 Å². The first-order valence-electron chi connectivity index (χ1n) is 8.74. The average Bonchev–Trinajstić information content (AvgIpc) is 3.19. The summed E-state index contributed by atoms with van der Waals surface area (Å²) in [6.07, 6.45) is 1.51. The highest BCUT2D eigenvalue weighted by Gasteiger charge is 2.28. The van der Waals surface area contributed by atoms with Crippen LogP contribution in [0.1, 0.15) is 35.0 Å². The van der Waals surface area contributed by atoms with E-state index in [1.54, 1.807) is 36.4 Å². The highest BCUT2D eigenvalue weighted by molar-refractivity contribution is 6.30. The van der Waals surface area contributed by atoms with Crippen molar-refractivity contribution in [2.24, 2.45) is 0 Å². The number of carbonyl (C=O) groups is 1. The van der Waals surface area contributed by atoms with Gasteiger partial charge in [0.2, 0.25) is 11.8 Å². The normalized spacial score (nSPS) is 15.1. The summed E-state index contributed by atoms with van der Waals surface area (Å²) >= 11 is 5.88. The van der Waals surface area contributed by atoms with E-state index in [-0.39, 0.29) is 17.6 Å². The van der Waals surface area contributed by atoms with Gasteiger partial charge < -0.3 is 9.32 Å². The van der Waals surface area contributed by atoms with E-state index < -0.39 is 0 Å². The maximum Gasteiger partial charge on any atom is 0.253 e. The standard InChI is InChI=1S/C20H17ClFN3O2/c21-16-5-1-15(2-6-16)20(26)25-11-9-14(10-12-25)19-24-23-18(27-19)13-3-7-17(22)8-4-13/h1-8,14H,9-12H2. The number of carbonyl (C=O) groups excluding carboxylic acids is 1. The number of hydrogen-bond donors (Lipinski definition) is 0. The minimum absolute atomic E-state index is 0.00245. The number of nitrogens with zero attached hydrogens (tertiary/aromatic N) is 3. The number of likely N-dealkylation sites (tertiary alicyclic amines) is 1. The van der Waals surface area contributed by atoms with E-state index in [9.17, 15) is 9.18 Å². The third-order valence-electron chi connectivity index (χ3n) is 4.75. The number of amides is 1. The topological polar surface area (TPSA) is 59.2 Å². The van der Waals surface area contributed by atoms with Crippen LogP contribution in [-0.2, 0) is 0 Å². The average molecular weight is 386 g/mol. The van der Waals surface area contributed by atoms with Crippen molar-refractivity contribution in [1.29, 1.82) is 0 Å². The molecule has 138 valence electrons. The molecule has 0 aliphatic carbocycles. The predicted octanol–water partition coefficient (Wildman–Crippen LogP) is 4.55. The Morgan fingerprint density at radius 1 is 1.04 bits per heavy atom. The van der Waals surface area contributed by atoms with Crippen molar-refractivity contribution < 1.29 is 13.6 Å². The van der Waals surface area contributed by atoms with Crippen LogP contribution in [0.5, 0.6) is 0 Å². The Kier molecular flexibility index (Phi) is 4.90. The van der Waals surface area contributed by atoms with Crippen LogP contribution in [-0.4, -0.2) is 34.1 Å². The molecule has 1 amide bonds. The Balaban J connectivity index is 1.40. The van der Waals surface area contributed by atoms with E-state index in [1.165, 1.54) is 12.1 Å². The van der Waals surface area contributed by atoms with Crippen LogP contribution in [0.25, 0.3) is 11.5 Å². The second kappa shape index (κ2) is 7.48. The molecule has 2 heterocycles. The Bertz CT molecular complexity index is 933. The van der Waals surface area contributed by atoms with Crippen molar-refractivity contribution in [3.05, 3.63) is 70.8 Å². The van der Waals surface area contributed by atoms with Crippen LogP contribution in [0.2, 0.25) is 5.02 Å². The van der Waals surface area contributed by atoms with E-state index >= 15 is 0 Å². The van der Waals surface area contributed by atoms with Crippen molar-refractivity contribution in [3.63, 3.8) is 0 Å². The lowest BCUT2D eigenvalue weighted by atomic mass is 9.96. The lowest BCUT2D eigenvalue weighted by molar-refractivity contribution is 0.0706. The molecule has 0 saturated carbocycles. The quantitative estimate of drug-likeness (QED) is 0.663. The third kappa shape index (κ3) is 3.85. The van der Waals surface area contributed by atoms with Gasteiger partial charge in [0.1, 0.15) is 5.82 Å². The number of benzene rings is 2. The SMILES string of the molecule is O=C(c1ccc(Cl)cc1)N1CCC(c2nnc(-c3ccc(F)cc3)o2)CC1. The Labute approximate surface area is 160 Å². The highest BCUT2D eigenvalue weighted by Crippen LogP contribution is 2.30. The number of aromatic nitrogens is 2. The van der Waals surface area contributed by atoms with Crippen LogP contribution in [0.15, 0.2) is 52.9 Å². The van der Waals surface area contributed by atoms with Crippen LogP contribution < -0.4 is 0 Å². The summed E-state index contributed by atoms with van der Waals surface area (Å²) in [4.78, 5) is 14.4. The molecular weight excluding hydrogens is 369 g/mol. The van der Waals surface area contributed by atoms with E-state index in [1.807, 2.05) is 4.90 Å². The smallest absolute Gasteiger partial charge is 0.253 e. The summed E-state index contributed by atoms with van der Waals surface area (Å²) in [5, 5.41) is 8.83. The summed E-state index contributed by atoms with van der Waals surface area (Å²) in [7, 11) is 0. The molecule has 1 aliphatic rings. The molecule has 4 rings (SSSR count). The molecule has 0 N–H and O–H groups in total. The predicted molar refractivity (Wildman–Crippen MR) is 99.0 cm³/mol. The molecule has 1 aliphatic heterocycles. The fourth-order valence-corrected chi connectivity index (χ4v) is 3.34. The summed E-state index contributed by atoms with van der Waals surface area (Å²) in [5.74, 6) is 0.748. The van der Waals surface area contributed by atoms with E-state index in [0.29, 0.717) is 41.0 Å². The number of rotatable bonds is 3. The third-order valence-corrected chi connectivity index (χ3v) is 5.01. The molecule has 5 nitrogen and oxygen atoms in total. The van der Waals surface area contributed by atoms with Gasteiger partial charge in [-0.3, -0.25) is 4.79 Å². The maximum atomic E-state index is 13.0. The molecule has 27 heavy (non-hydrogen) atoms. The number of halogens is 2. The van der Waals surface area contributed by atoms with Crippen LogP contribution in [0.4, 0.5) is 4.39 Å². The van der Waals surface area contributed by atoms with Gasteiger partial charge in [0.15, 0.2) is 0 Å². The number of hydrogen-bond acceptors (Lipinski definition) is 4. The largest absolute Gasteiger partial charge is 0.420 e.